The highest BCUT2D eigenvalue weighted by atomic mass is 32.2. The zero-order chi connectivity index (χ0) is 24.2. The number of sulfonamides is 1. The lowest BCUT2D eigenvalue weighted by atomic mass is 10.2. The Bertz CT molecular complexity index is 1310. The van der Waals surface area contributed by atoms with Crippen LogP contribution < -0.4 is 10.0 Å². The zero-order valence-corrected chi connectivity index (χ0v) is 19.7. The van der Waals surface area contributed by atoms with Crippen LogP contribution in [-0.4, -0.2) is 43.7 Å². The van der Waals surface area contributed by atoms with Gasteiger partial charge in [-0.2, -0.15) is 0 Å². The van der Waals surface area contributed by atoms with Crippen LogP contribution in [0, 0.1) is 20.8 Å². The first-order chi connectivity index (χ1) is 15.5. The van der Waals surface area contributed by atoms with E-state index in [0.717, 1.165) is 11.1 Å². The molecule has 0 fully saturated rings. The summed E-state index contributed by atoms with van der Waals surface area (Å²) in [4.78, 5) is 30.6. The summed E-state index contributed by atoms with van der Waals surface area (Å²) in [6, 6.07) is 14.9. The summed E-state index contributed by atoms with van der Waals surface area (Å²) in [7, 11) is -2.33. The van der Waals surface area contributed by atoms with Crippen molar-refractivity contribution in [1.29, 1.82) is 0 Å². The van der Waals surface area contributed by atoms with Crippen molar-refractivity contribution in [1.82, 2.24) is 9.88 Å². The highest BCUT2D eigenvalue weighted by Gasteiger charge is 2.19. The Balaban J connectivity index is 1.71. The minimum absolute atomic E-state index is 0.178. The molecule has 3 rings (SSSR count). The van der Waals surface area contributed by atoms with Gasteiger partial charge in [0.25, 0.3) is 15.9 Å². The minimum atomic E-state index is -3.83. The van der Waals surface area contributed by atoms with E-state index in [4.69, 9.17) is 0 Å². The monoisotopic (exact) mass is 466 g/mol. The predicted octanol–water partition coefficient (Wildman–Crippen LogP) is 3.52. The lowest BCUT2D eigenvalue weighted by molar-refractivity contribution is -0.116. The molecule has 0 aliphatic heterocycles. The van der Waals surface area contributed by atoms with Gasteiger partial charge in [-0.05, 0) is 73.9 Å². The topological polar surface area (TPSA) is 108 Å². The fourth-order valence-corrected chi connectivity index (χ4v) is 4.60. The summed E-state index contributed by atoms with van der Waals surface area (Å²) < 4.78 is 28.3. The van der Waals surface area contributed by atoms with Gasteiger partial charge in [-0.25, -0.2) is 13.4 Å². The number of nitrogens with zero attached hydrogens (tertiary/aromatic N) is 2. The molecule has 0 unspecified atom stereocenters. The third-order valence-corrected chi connectivity index (χ3v) is 6.43. The van der Waals surface area contributed by atoms with Crippen molar-refractivity contribution in [2.24, 2.45) is 0 Å². The molecule has 2 N–H and O–H groups in total. The van der Waals surface area contributed by atoms with E-state index < -0.39 is 21.8 Å². The Kier molecular flexibility index (Phi) is 7.13. The van der Waals surface area contributed by atoms with E-state index >= 15 is 0 Å². The molecule has 0 aliphatic carbocycles. The molecule has 0 radical (unpaired) electrons. The first-order valence-electron chi connectivity index (χ1n) is 10.2. The average Bonchev–Trinajstić information content (AvgIpc) is 2.74. The Morgan fingerprint density at radius 3 is 2.42 bits per heavy atom. The van der Waals surface area contributed by atoms with Gasteiger partial charge >= 0.3 is 0 Å². The standard InChI is InChI=1S/C24H26N4O4S/c1-16-8-9-18(3)21(12-16)33(31,32)27-20-7-5-6-19(14-20)24(30)28(4)15-23(29)26-22-13-17(2)10-11-25-22/h5-14,27H,15H2,1-4H3,(H,25,26,29). The van der Waals surface area contributed by atoms with Crippen LogP contribution in [0.4, 0.5) is 11.5 Å². The number of hydrogen-bond acceptors (Lipinski definition) is 5. The minimum Gasteiger partial charge on any atom is -0.332 e. The SMILES string of the molecule is Cc1ccnc(NC(=O)CN(C)C(=O)c2cccc(NS(=O)(=O)c3cc(C)ccc3C)c2)c1. The van der Waals surface area contributed by atoms with Crippen LogP contribution in [0.1, 0.15) is 27.0 Å². The van der Waals surface area contributed by atoms with Gasteiger partial charge in [-0.15, -0.1) is 0 Å². The summed E-state index contributed by atoms with van der Waals surface area (Å²) in [6.07, 6.45) is 1.59. The van der Waals surface area contributed by atoms with Crippen molar-refractivity contribution in [3.8, 4) is 0 Å². The Morgan fingerprint density at radius 1 is 0.970 bits per heavy atom. The maximum absolute atomic E-state index is 12.9. The second-order valence-electron chi connectivity index (χ2n) is 7.88. The van der Waals surface area contributed by atoms with Gasteiger partial charge in [-0.3, -0.25) is 14.3 Å². The summed E-state index contributed by atoms with van der Waals surface area (Å²) in [5.41, 5.74) is 2.90. The summed E-state index contributed by atoms with van der Waals surface area (Å²) in [5.74, 6) is -0.408. The lowest BCUT2D eigenvalue weighted by Crippen LogP contribution is -2.35. The molecule has 33 heavy (non-hydrogen) atoms. The quantitative estimate of drug-likeness (QED) is 0.554. The maximum atomic E-state index is 12.9. The van der Waals surface area contributed by atoms with E-state index in [-0.39, 0.29) is 22.7 Å². The molecule has 9 heteroatoms. The smallest absolute Gasteiger partial charge is 0.262 e. The molecular weight excluding hydrogens is 440 g/mol. The van der Waals surface area contributed by atoms with Crippen LogP contribution >= 0.6 is 0 Å². The highest BCUT2D eigenvalue weighted by Crippen LogP contribution is 2.21. The Labute approximate surface area is 193 Å². The number of carbonyl (C=O) groups is 2. The molecule has 3 aromatic rings. The summed E-state index contributed by atoms with van der Waals surface area (Å²) in [5, 5.41) is 2.65. The fraction of sp³-hybridized carbons (Fsp3) is 0.208. The summed E-state index contributed by atoms with van der Waals surface area (Å²) >= 11 is 0. The van der Waals surface area contributed by atoms with Gasteiger partial charge in [0, 0.05) is 24.5 Å². The molecule has 1 aromatic heterocycles. The number of rotatable bonds is 7. The number of likely N-dealkylation sites (N-methyl/N-ethyl adjacent to an activating group) is 1. The average molecular weight is 467 g/mol. The second kappa shape index (κ2) is 9.83. The molecular formula is C24H26N4O4S. The zero-order valence-electron chi connectivity index (χ0n) is 18.9. The Morgan fingerprint density at radius 2 is 1.70 bits per heavy atom. The van der Waals surface area contributed by atoms with E-state index in [2.05, 4.69) is 15.0 Å². The van der Waals surface area contributed by atoms with Gasteiger partial charge in [0.05, 0.1) is 11.4 Å². The maximum Gasteiger partial charge on any atom is 0.262 e. The molecule has 8 nitrogen and oxygen atoms in total. The molecule has 0 spiro atoms. The number of anilines is 2. The van der Waals surface area contributed by atoms with Crippen LogP contribution in [0.5, 0.6) is 0 Å². The van der Waals surface area contributed by atoms with Gasteiger partial charge in [0.2, 0.25) is 5.91 Å². The number of carbonyl (C=O) groups excluding carboxylic acids is 2. The number of amides is 2. The molecule has 172 valence electrons. The van der Waals surface area contributed by atoms with Gasteiger partial charge in [0.15, 0.2) is 0 Å². The van der Waals surface area contributed by atoms with E-state index in [0.29, 0.717) is 11.4 Å². The molecule has 0 atom stereocenters. The Hall–Kier alpha value is -3.72. The number of aromatic nitrogens is 1. The van der Waals surface area contributed by atoms with Crippen molar-refractivity contribution < 1.29 is 18.0 Å². The number of nitrogens with one attached hydrogen (secondary N) is 2. The highest BCUT2D eigenvalue weighted by molar-refractivity contribution is 7.92. The second-order valence-corrected chi connectivity index (χ2v) is 9.53. The van der Waals surface area contributed by atoms with E-state index in [9.17, 15) is 18.0 Å². The van der Waals surface area contributed by atoms with E-state index in [1.54, 1.807) is 49.5 Å². The first-order valence-corrected chi connectivity index (χ1v) is 11.7. The molecule has 2 aromatic carbocycles. The molecule has 1 heterocycles. The van der Waals surface area contributed by atoms with E-state index in [1.807, 2.05) is 26.0 Å². The molecule has 0 saturated heterocycles. The number of benzene rings is 2. The first kappa shape index (κ1) is 23.9. The van der Waals surface area contributed by atoms with Gasteiger partial charge in [-0.1, -0.05) is 18.2 Å². The molecule has 2 amide bonds. The summed E-state index contributed by atoms with van der Waals surface area (Å²) in [6.45, 7) is 5.24. The van der Waals surface area contributed by atoms with Crippen molar-refractivity contribution in [3.63, 3.8) is 0 Å². The molecule has 0 aliphatic rings. The fourth-order valence-electron chi connectivity index (χ4n) is 3.22. The third kappa shape index (κ3) is 6.17. The van der Waals surface area contributed by atoms with Crippen molar-refractivity contribution >= 4 is 33.3 Å². The van der Waals surface area contributed by atoms with Crippen molar-refractivity contribution in [3.05, 3.63) is 83.0 Å². The van der Waals surface area contributed by atoms with Crippen LogP contribution in [0.2, 0.25) is 0 Å². The van der Waals surface area contributed by atoms with Gasteiger partial charge in [0.1, 0.15) is 5.82 Å². The van der Waals surface area contributed by atoms with Crippen LogP contribution in [0.15, 0.2) is 65.7 Å². The van der Waals surface area contributed by atoms with Crippen LogP contribution in [0.3, 0.4) is 0 Å². The van der Waals surface area contributed by atoms with Crippen LogP contribution in [0.25, 0.3) is 0 Å². The largest absolute Gasteiger partial charge is 0.332 e. The normalized spacial score (nSPS) is 11.0. The van der Waals surface area contributed by atoms with Crippen molar-refractivity contribution in [2.45, 2.75) is 25.7 Å². The lowest BCUT2D eigenvalue weighted by Gasteiger charge is -2.17. The van der Waals surface area contributed by atoms with Gasteiger partial charge < -0.3 is 10.2 Å². The predicted molar refractivity (Wildman–Crippen MR) is 128 cm³/mol. The number of aryl methyl sites for hydroxylation is 3. The third-order valence-electron chi connectivity index (χ3n) is 4.91. The molecule has 0 bridgehead atoms. The number of pyridine rings is 1. The van der Waals surface area contributed by atoms with Crippen LogP contribution in [-0.2, 0) is 14.8 Å². The van der Waals surface area contributed by atoms with Crippen molar-refractivity contribution in [2.75, 3.05) is 23.6 Å². The van der Waals surface area contributed by atoms with E-state index in [1.165, 1.54) is 18.0 Å². The molecule has 0 saturated carbocycles. The number of hydrogen-bond donors (Lipinski definition) is 2.